The van der Waals surface area contributed by atoms with Gasteiger partial charge in [-0.3, -0.25) is 0 Å². The van der Waals surface area contributed by atoms with Gasteiger partial charge in [0.15, 0.2) is 0 Å². The molecule has 0 aliphatic rings. The van der Waals surface area contributed by atoms with Crippen molar-refractivity contribution >= 4 is 35.2 Å². The topological polar surface area (TPSA) is 81.4 Å². The molecule has 0 aliphatic carbocycles. The van der Waals surface area contributed by atoms with Gasteiger partial charge in [-0.1, -0.05) is 23.2 Å². The van der Waals surface area contributed by atoms with E-state index in [1.165, 1.54) is 18.2 Å². The minimum absolute atomic E-state index is 0.180. The molecule has 1 aromatic rings. The third-order valence-electron chi connectivity index (χ3n) is 2.01. The molecule has 0 heterocycles. The zero-order valence-electron chi connectivity index (χ0n) is 9.41. The summed E-state index contributed by atoms with van der Waals surface area (Å²) >= 11 is 11.5. The number of carbonyl (C=O) groups excluding carboxylic acids is 2. The van der Waals surface area contributed by atoms with Crippen LogP contribution in [0.15, 0.2) is 18.2 Å². The summed E-state index contributed by atoms with van der Waals surface area (Å²) in [5.41, 5.74) is 5.20. The van der Waals surface area contributed by atoms with E-state index in [1.807, 2.05) is 0 Å². The number of carbonyl (C=O) groups is 2. The van der Waals surface area contributed by atoms with Gasteiger partial charge in [-0.05, 0) is 24.6 Å². The Balaban J connectivity index is 2.36. The maximum Gasteiger partial charge on any atom is 0.338 e. The van der Waals surface area contributed by atoms with Gasteiger partial charge in [-0.15, -0.1) is 0 Å². The molecule has 0 atom stereocenters. The first-order valence-electron chi connectivity index (χ1n) is 5.16. The highest BCUT2D eigenvalue weighted by atomic mass is 35.5. The van der Waals surface area contributed by atoms with Gasteiger partial charge in [0.05, 0.1) is 22.2 Å². The van der Waals surface area contributed by atoms with Crippen LogP contribution in [-0.2, 0) is 4.74 Å². The SMILES string of the molecule is NC(=O)NCCCOC(=O)c1ccc(Cl)c(Cl)c1. The van der Waals surface area contributed by atoms with Crippen molar-refractivity contribution in [1.29, 1.82) is 0 Å². The van der Waals surface area contributed by atoms with E-state index in [-0.39, 0.29) is 6.61 Å². The number of primary amides is 1. The van der Waals surface area contributed by atoms with Crippen molar-refractivity contribution in [2.45, 2.75) is 6.42 Å². The number of esters is 1. The van der Waals surface area contributed by atoms with Gasteiger partial charge in [0, 0.05) is 6.54 Å². The van der Waals surface area contributed by atoms with Crippen molar-refractivity contribution in [3.05, 3.63) is 33.8 Å². The number of amides is 2. The van der Waals surface area contributed by atoms with E-state index in [0.29, 0.717) is 28.6 Å². The quantitative estimate of drug-likeness (QED) is 0.644. The van der Waals surface area contributed by atoms with Crippen molar-refractivity contribution in [3.8, 4) is 0 Å². The summed E-state index contributed by atoms with van der Waals surface area (Å²) in [6.07, 6.45) is 0.482. The monoisotopic (exact) mass is 290 g/mol. The van der Waals surface area contributed by atoms with Crippen LogP contribution in [0.3, 0.4) is 0 Å². The molecule has 0 unspecified atom stereocenters. The van der Waals surface area contributed by atoms with E-state index in [9.17, 15) is 9.59 Å². The third-order valence-corrected chi connectivity index (χ3v) is 2.75. The third kappa shape index (κ3) is 4.81. The van der Waals surface area contributed by atoms with Crippen LogP contribution in [0.1, 0.15) is 16.8 Å². The zero-order chi connectivity index (χ0) is 13.5. The second-order valence-electron chi connectivity index (χ2n) is 3.41. The molecule has 1 aromatic carbocycles. The molecule has 0 saturated carbocycles. The van der Waals surface area contributed by atoms with Crippen LogP contribution < -0.4 is 11.1 Å². The number of ether oxygens (including phenoxy) is 1. The summed E-state index contributed by atoms with van der Waals surface area (Å²) in [4.78, 5) is 21.9. The average Bonchev–Trinajstić information content (AvgIpc) is 2.31. The summed E-state index contributed by atoms with van der Waals surface area (Å²) in [5, 5.41) is 3.05. The molecule has 0 saturated heterocycles. The maximum absolute atomic E-state index is 11.6. The predicted molar refractivity (Wildman–Crippen MR) is 68.9 cm³/mol. The highest BCUT2D eigenvalue weighted by Crippen LogP contribution is 2.22. The highest BCUT2D eigenvalue weighted by Gasteiger charge is 2.09. The molecule has 7 heteroatoms. The van der Waals surface area contributed by atoms with Crippen molar-refractivity contribution < 1.29 is 14.3 Å². The summed E-state index contributed by atoms with van der Waals surface area (Å²) in [6, 6.07) is 3.88. The lowest BCUT2D eigenvalue weighted by atomic mass is 10.2. The molecule has 0 bridgehead atoms. The molecule has 0 aliphatic heterocycles. The van der Waals surface area contributed by atoms with Gasteiger partial charge >= 0.3 is 12.0 Å². The number of nitrogens with one attached hydrogen (secondary N) is 1. The number of benzene rings is 1. The van der Waals surface area contributed by atoms with E-state index in [2.05, 4.69) is 5.32 Å². The van der Waals surface area contributed by atoms with Crippen LogP contribution in [0.2, 0.25) is 10.0 Å². The lowest BCUT2D eigenvalue weighted by Gasteiger charge is -2.06. The van der Waals surface area contributed by atoms with E-state index in [4.69, 9.17) is 33.7 Å². The number of rotatable bonds is 5. The van der Waals surface area contributed by atoms with Crippen LogP contribution in [-0.4, -0.2) is 25.2 Å². The van der Waals surface area contributed by atoms with Gasteiger partial charge in [0.25, 0.3) is 0 Å². The maximum atomic E-state index is 11.6. The highest BCUT2D eigenvalue weighted by molar-refractivity contribution is 6.42. The van der Waals surface area contributed by atoms with Crippen molar-refractivity contribution in [2.75, 3.05) is 13.2 Å². The Hall–Kier alpha value is -1.46. The zero-order valence-corrected chi connectivity index (χ0v) is 10.9. The summed E-state index contributed by atoms with van der Waals surface area (Å²) in [7, 11) is 0. The molecule has 0 radical (unpaired) electrons. The molecule has 0 spiro atoms. The summed E-state index contributed by atoms with van der Waals surface area (Å²) < 4.78 is 4.97. The molecule has 0 fully saturated rings. The Morgan fingerprint density at radius 1 is 1.28 bits per heavy atom. The molecular weight excluding hydrogens is 279 g/mol. The first-order chi connectivity index (χ1) is 8.50. The van der Waals surface area contributed by atoms with Crippen LogP contribution in [0.5, 0.6) is 0 Å². The number of hydrogen-bond acceptors (Lipinski definition) is 3. The lowest BCUT2D eigenvalue weighted by Crippen LogP contribution is -2.30. The fraction of sp³-hybridized carbons (Fsp3) is 0.273. The molecule has 18 heavy (non-hydrogen) atoms. The number of urea groups is 1. The first-order valence-corrected chi connectivity index (χ1v) is 5.92. The Bertz CT molecular complexity index is 452. The summed E-state index contributed by atoms with van der Waals surface area (Å²) in [5.74, 6) is -0.493. The second-order valence-corrected chi connectivity index (χ2v) is 4.22. The first kappa shape index (κ1) is 14.6. The Kier molecular flexibility index (Phi) is 5.74. The van der Waals surface area contributed by atoms with Crippen LogP contribution >= 0.6 is 23.2 Å². The number of nitrogens with two attached hydrogens (primary N) is 1. The van der Waals surface area contributed by atoms with Crippen LogP contribution in [0.4, 0.5) is 4.79 Å². The largest absolute Gasteiger partial charge is 0.462 e. The van der Waals surface area contributed by atoms with E-state index in [1.54, 1.807) is 0 Å². The standard InChI is InChI=1S/C11H12Cl2N2O3/c12-8-3-2-7(6-9(8)13)10(16)18-5-1-4-15-11(14)17/h2-3,6H,1,4-5H2,(H3,14,15,17). The molecule has 1 rings (SSSR count). The molecule has 98 valence electrons. The number of halogens is 2. The van der Waals surface area contributed by atoms with Crippen LogP contribution in [0.25, 0.3) is 0 Å². The molecular formula is C11H12Cl2N2O3. The van der Waals surface area contributed by atoms with E-state index in [0.717, 1.165) is 0 Å². The van der Waals surface area contributed by atoms with Gasteiger partial charge in [0.1, 0.15) is 0 Å². The van der Waals surface area contributed by atoms with E-state index < -0.39 is 12.0 Å². The predicted octanol–water partition coefficient (Wildman–Crippen LogP) is 2.21. The minimum atomic E-state index is -0.606. The van der Waals surface area contributed by atoms with Crippen molar-refractivity contribution in [1.82, 2.24) is 5.32 Å². The van der Waals surface area contributed by atoms with Crippen molar-refractivity contribution in [2.24, 2.45) is 5.73 Å². The lowest BCUT2D eigenvalue weighted by molar-refractivity contribution is 0.0501. The Morgan fingerprint density at radius 3 is 2.61 bits per heavy atom. The van der Waals surface area contributed by atoms with Gasteiger partial charge < -0.3 is 15.8 Å². The normalized spacial score (nSPS) is 9.89. The Morgan fingerprint density at radius 2 is 2.00 bits per heavy atom. The molecule has 2 amide bonds. The van der Waals surface area contributed by atoms with Crippen molar-refractivity contribution in [3.63, 3.8) is 0 Å². The molecule has 3 N–H and O–H groups in total. The summed E-state index contributed by atoms with van der Waals surface area (Å²) in [6.45, 7) is 0.531. The number of hydrogen-bond donors (Lipinski definition) is 2. The van der Waals surface area contributed by atoms with Gasteiger partial charge in [-0.2, -0.15) is 0 Å². The smallest absolute Gasteiger partial charge is 0.338 e. The van der Waals surface area contributed by atoms with Gasteiger partial charge in [0.2, 0.25) is 0 Å². The fourth-order valence-corrected chi connectivity index (χ4v) is 1.45. The Labute approximate surface area is 114 Å². The molecule has 5 nitrogen and oxygen atoms in total. The van der Waals surface area contributed by atoms with Crippen LogP contribution in [0, 0.1) is 0 Å². The fourth-order valence-electron chi connectivity index (χ4n) is 1.16. The minimum Gasteiger partial charge on any atom is -0.462 e. The molecule has 0 aromatic heterocycles. The van der Waals surface area contributed by atoms with E-state index >= 15 is 0 Å². The average molecular weight is 291 g/mol. The second kappa shape index (κ2) is 7.08. The van der Waals surface area contributed by atoms with Gasteiger partial charge in [-0.25, -0.2) is 9.59 Å².